The molecule has 1 nitrogen and oxygen atoms in total. The van der Waals surface area contributed by atoms with Gasteiger partial charge in [0, 0.05) is 11.5 Å². The number of rotatable bonds is 4. The summed E-state index contributed by atoms with van der Waals surface area (Å²) >= 11 is 0. The minimum Gasteiger partial charge on any atom is -0.293 e. The van der Waals surface area contributed by atoms with Crippen LogP contribution in [0.1, 0.15) is 22.3 Å². The van der Waals surface area contributed by atoms with Gasteiger partial charge in [-0.05, 0) is 33.4 Å². The van der Waals surface area contributed by atoms with Crippen molar-refractivity contribution < 1.29 is 4.79 Å². The number of hydrogen-bond donors (Lipinski definition) is 0. The molecule has 0 spiro atoms. The van der Waals surface area contributed by atoms with Crippen LogP contribution in [0.3, 0.4) is 0 Å². The summed E-state index contributed by atoms with van der Waals surface area (Å²) in [6.45, 7) is 0. The lowest BCUT2D eigenvalue weighted by Crippen LogP contribution is -2.42. The first kappa shape index (κ1) is 20.4. The third kappa shape index (κ3) is 3.05. The lowest BCUT2D eigenvalue weighted by atomic mass is 9.59. The highest BCUT2D eigenvalue weighted by atomic mass is 16.1. The minimum absolute atomic E-state index is 0.111. The molecule has 4 aromatic rings. The molecule has 0 saturated heterocycles. The molecule has 0 heterocycles. The quantitative estimate of drug-likeness (QED) is 0.326. The minimum atomic E-state index is -0.826. The predicted molar refractivity (Wildman–Crippen MR) is 140 cm³/mol. The highest BCUT2D eigenvalue weighted by molar-refractivity contribution is 6.33. The van der Waals surface area contributed by atoms with E-state index in [2.05, 4.69) is 66.8 Å². The van der Waals surface area contributed by atoms with E-state index in [1.807, 2.05) is 72.8 Å². The third-order valence-electron chi connectivity index (χ3n) is 7.10. The van der Waals surface area contributed by atoms with E-state index in [0.29, 0.717) is 0 Å². The summed E-state index contributed by atoms with van der Waals surface area (Å²) in [5.74, 6) is 0.0479. The average molecular weight is 437 g/mol. The fraction of sp³-hybridized carbons (Fsp3) is 0.0606. The number of allylic oxidation sites excluding steroid dienone is 6. The lowest BCUT2D eigenvalue weighted by molar-refractivity contribution is -0.116. The van der Waals surface area contributed by atoms with Crippen molar-refractivity contribution in [3.8, 4) is 0 Å². The van der Waals surface area contributed by atoms with Gasteiger partial charge in [-0.2, -0.15) is 0 Å². The molecule has 0 fully saturated rings. The molecular weight excluding hydrogens is 412 g/mol. The van der Waals surface area contributed by atoms with Crippen molar-refractivity contribution in [3.63, 3.8) is 0 Å². The maximum absolute atomic E-state index is 14.7. The number of Topliss-reactive ketones (excluding diaryl/α,β-unsaturated/α-hetero) is 1. The van der Waals surface area contributed by atoms with Gasteiger partial charge in [-0.15, -0.1) is 0 Å². The van der Waals surface area contributed by atoms with Crippen LogP contribution in [-0.2, 0) is 10.2 Å². The van der Waals surface area contributed by atoms with E-state index in [4.69, 9.17) is 0 Å². The molecule has 162 valence electrons. The summed E-state index contributed by atoms with van der Waals surface area (Å²) in [5.41, 5.74) is 6.42. The number of carbonyl (C=O) groups excluding carboxylic acids is 1. The van der Waals surface area contributed by atoms with E-state index in [9.17, 15) is 4.79 Å². The predicted octanol–water partition coefficient (Wildman–Crippen LogP) is 7.39. The first-order valence-electron chi connectivity index (χ1n) is 11.7. The number of fused-ring (bicyclic) bond motifs is 1. The Kier molecular flexibility index (Phi) is 4.96. The van der Waals surface area contributed by atoms with E-state index in [1.54, 1.807) is 0 Å². The molecule has 2 atom stereocenters. The van der Waals surface area contributed by atoms with Crippen LogP contribution in [0.2, 0.25) is 0 Å². The van der Waals surface area contributed by atoms with Gasteiger partial charge < -0.3 is 0 Å². The summed E-state index contributed by atoms with van der Waals surface area (Å²) < 4.78 is 0. The Morgan fingerprint density at radius 1 is 0.529 bits per heavy atom. The van der Waals surface area contributed by atoms with Crippen LogP contribution < -0.4 is 0 Å². The van der Waals surface area contributed by atoms with Gasteiger partial charge in [0.1, 0.15) is 0 Å². The van der Waals surface area contributed by atoms with Crippen molar-refractivity contribution in [1.29, 1.82) is 0 Å². The van der Waals surface area contributed by atoms with Crippen LogP contribution in [0, 0.1) is 5.92 Å². The molecule has 1 heteroatoms. The Morgan fingerprint density at radius 3 is 1.62 bits per heavy atom. The molecule has 2 unspecified atom stereocenters. The highest BCUT2D eigenvalue weighted by Crippen LogP contribution is 2.58. The standard InChI is InChI=1S/C33H24O/c34-32-29(25-15-7-2-8-16-25)23-31-28(24-13-5-1-6-14-24)21-22-30(26-17-9-3-10-18-26)33(31,32)27-19-11-4-12-20-27/h1-23,31H. The third-order valence-corrected chi connectivity index (χ3v) is 7.10. The average Bonchev–Trinajstić information content (AvgIpc) is 3.24. The molecule has 4 aromatic carbocycles. The van der Waals surface area contributed by atoms with Crippen molar-refractivity contribution in [1.82, 2.24) is 0 Å². The van der Waals surface area contributed by atoms with Gasteiger partial charge in [-0.3, -0.25) is 4.79 Å². The Balaban J connectivity index is 1.67. The molecule has 6 rings (SSSR count). The van der Waals surface area contributed by atoms with Crippen LogP contribution in [-0.4, -0.2) is 5.78 Å². The summed E-state index contributed by atoms with van der Waals surface area (Å²) in [4.78, 5) is 14.7. The Labute approximate surface area is 200 Å². The largest absolute Gasteiger partial charge is 0.293 e. The van der Waals surface area contributed by atoms with Crippen molar-refractivity contribution in [2.24, 2.45) is 5.92 Å². The van der Waals surface area contributed by atoms with Crippen molar-refractivity contribution in [3.05, 3.63) is 162 Å². The van der Waals surface area contributed by atoms with Crippen LogP contribution >= 0.6 is 0 Å². The van der Waals surface area contributed by atoms with E-state index in [1.165, 1.54) is 5.57 Å². The van der Waals surface area contributed by atoms with E-state index < -0.39 is 5.41 Å². The summed E-state index contributed by atoms with van der Waals surface area (Å²) in [6.07, 6.45) is 6.58. The monoisotopic (exact) mass is 436 g/mol. The fourth-order valence-electron chi connectivity index (χ4n) is 5.60. The second-order valence-electron chi connectivity index (χ2n) is 8.86. The van der Waals surface area contributed by atoms with Gasteiger partial charge >= 0.3 is 0 Å². The van der Waals surface area contributed by atoms with Crippen molar-refractivity contribution in [2.75, 3.05) is 0 Å². The topological polar surface area (TPSA) is 17.1 Å². The Morgan fingerprint density at radius 2 is 1.03 bits per heavy atom. The number of benzene rings is 4. The first-order valence-corrected chi connectivity index (χ1v) is 11.7. The zero-order valence-electron chi connectivity index (χ0n) is 18.8. The zero-order valence-corrected chi connectivity index (χ0v) is 18.8. The van der Waals surface area contributed by atoms with E-state index >= 15 is 0 Å². The fourth-order valence-corrected chi connectivity index (χ4v) is 5.60. The van der Waals surface area contributed by atoms with Gasteiger partial charge in [0.2, 0.25) is 0 Å². The first-order chi connectivity index (χ1) is 16.8. The molecule has 0 bridgehead atoms. The van der Waals surface area contributed by atoms with Crippen LogP contribution in [0.5, 0.6) is 0 Å². The van der Waals surface area contributed by atoms with Gasteiger partial charge in [-0.25, -0.2) is 0 Å². The smallest absolute Gasteiger partial charge is 0.179 e. The second kappa shape index (κ2) is 8.28. The molecule has 0 radical (unpaired) electrons. The second-order valence-corrected chi connectivity index (χ2v) is 8.86. The maximum atomic E-state index is 14.7. The SMILES string of the molecule is O=C1C(c2ccccc2)=CC2C(c3ccccc3)=CC=C(c3ccccc3)C12c1ccccc1. The Hall–Kier alpha value is -4.23. The number of hydrogen-bond acceptors (Lipinski definition) is 1. The number of carbonyl (C=O) groups is 1. The van der Waals surface area contributed by atoms with Crippen molar-refractivity contribution >= 4 is 22.5 Å². The molecule has 34 heavy (non-hydrogen) atoms. The molecular formula is C33H24O. The summed E-state index contributed by atoms with van der Waals surface area (Å²) in [7, 11) is 0. The zero-order chi connectivity index (χ0) is 23.0. The summed E-state index contributed by atoms with van der Waals surface area (Å²) in [5, 5.41) is 0. The van der Waals surface area contributed by atoms with E-state index in [-0.39, 0.29) is 11.7 Å². The lowest BCUT2D eigenvalue weighted by Gasteiger charge is -2.41. The van der Waals surface area contributed by atoms with Gasteiger partial charge in [0.25, 0.3) is 0 Å². The molecule has 2 aliphatic rings. The molecule has 0 saturated carbocycles. The molecule has 0 N–H and O–H groups in total. The molecule has 0 aromatic heterocycles. The van der Waals surface area contributed by atoms with Crippen LogP contribution in [0.4, 0.5) is 0 Å². The normalized spacial score (nSPS) is 21.4. The number of ketones is 1. The van der Waals surface area contributed by atoms with E-state index in [0.717, 1.165) is 33.4 Å². The molecule has 0 amide bonds. The van der Waals surface area contributed by atoms with Crippen LogP contribution in [0.15, 0.2) is 140 Å². The molecule has 2 aliphatic carbocycles. The summed E-state index contributed by atoms with van der Waals surface area (Å²) in [6, 6.07) is 41.2. The van der Waals surface area contributed by atoms with Gasteiger partial charge in [0.05, 0.1) is 5.41 Å². The van der Waals surface area contributed by atoms with Crippen LogP contribution in [0.25, 0.3) is 16.7 Å². The Bertz CT molecular complexity index is 1430. The maximum Gasteiger partial charge on any atom is 0.179 e. The highest BCUT2D eigenvalue weighted by Gasteiger charge is 2.56. The van der Waals surface area contributed by atoms with Crippen molar-refractivity contribution in [2.45, 2.75) is 5.41 Å². The molecule has 0 aliphatic heterocycles. The van der Waals surface area contributed by atoms with Gasteiger partial charge in [-0.1, -0.05) is 140 Å². The van der Waals surface area contributed by atoms with Gasteiger partial charge in [0.15, 0.2) is 5.78 Å².